The minimum Gasteiger partial charge on any atom is -0.462 e. The van der Waals surface area contributed by atoms with Gasteiger partial charge in [0, 0.05) is 0 Å². The second-order valence-electron chi connectivity index (χ2n) is 8.86. The maximum absolute atomic E-state index is 13.7. The minimum absolute atomic E-state index is 0.0518. The first-order valence-corrected chi connectivity index (χ1v) is 13.3. The van der Waals surface area contributed by atoms with Gasteiger partial charge in [-0.05, 0) is 45.0 Å². The van der Waals surface area contributed by atoms with Crippen LogP contribution < -0.4 is 15.3 Å². The summed E-state index contributed by atoms with van der Waals surface area (Å²) in [7, 11) is -4.37. The molecule has 39 heavy (non-hydrogen) atoms. The highest BCUT2D eigenvalue weighted by Gasteiger charge is 2.57. The fourth-order valence-corrected chi connectivity index (χ4v) is 5.18. The first-order chi connectivity index (χ1) is 18.5. The summed E-state index contributed by atoms with van der Waals surface area (Å²) < 4.78 is 36.8. The first-order valence-electron chi connectivity index (χ1n) is 11.8. The Hall–Kier alpha value is -4.15. The standard InChI is InChI=1S/C24H27N6O8P/c1-14(2)36-23(33)15(3)29-39(34,38-16-7-5-4-6-8-16)35-11-18-20(31)21(32)24(12-25,37-18)19-10-9-17-22(26)27-13-28-30(17)19/h4-11,13-15,20-21,31-32H,1-3H3,(H,29,34)(H2,26,27,28)/b18-11+/t15-,20+,21+,24-,39-/m0/s1. The maximum atomic E-state index is 13.7. The van der Waals surface area contributed by atoms with Gasteiger partial charge in [0.15, 0.2) is 11.6 Å². The summed E-state index contributed by atoms with van der Waals surface area (Å²) in [5, 5.41) is 38.2. The highest BCUT2D eigenvalue weighted by molar-refractivity contribution is 7.52. The number of benzene rings is 1. The lowest BCUT2D eigenvalue weighted by Gasteiger charge is -2.24. The van der Waals surface area contributed by atoms with Gasteiger partial charge in [0.25, 0.3) is 5.60 Å². The van der Waals surface area contributed by atoms with Crippen LogP contribution in [0.4, 0.5) is 5.82 Å². The van der Waals surface area contributed by atoms with Crippen molar-refractivity contribution in [2.45, 2.75) is 50.7 Å². The summed E-state index contributed by atoms with van der Waals surface area (Å²) in [5.74, 6) is -0.883. The summed E-state index contributed by atoms with van der Waals surface area (Å²) in [6.45, 7) is 4.72. The van der Waals surface area contributed by atoms with E-state index in [2.05, 4.69) is 15.2 Å². The van der Waals surface area contributed by atoms with Gasteiger partial charge in [0.1, 0.15) is 53.9 Å². The van der Waals surface area contributed by atoms with E-state index in [1.165, 1.54) is 35.7 Å². The quantitative estimate of drug-likeness (QED) is 0.168. The lowest BCUT2D eigenvalue weighted by Crippen LogP contribution is -2.40. The van der Waals surface area contributed by atoms with Crippen LogP contribution >= 0.6 is 7.75 Å². The molecule has 0 saturated carbocycles. The van der Waals surface area contributed by atoms with Crippen LogP contribution in [-0.4, -0.2) is 55.1 Å². The second-order valence-corrected chi connectivity index (χ2v) is 10.5. The largest absolute Gasteiger partial charge is 0.513 e. The number of nitrogens with zero attached hydrogens (tertiary/aromatic N) is 4. The summed E-state index contributed by atoms with van der Waals surface area (Å²) in [6, 6.07) is 11.7. The predicted molar refractivity (Wildman–Crippen MR) is 135 cm³/mol. The number of esters is 1. The van der Waals surface area contributed by atoms with Crippen molar-refractivity contribution in [3.8, 4) is 11.8 Å². The number of para-hydroxylation sites is 1. The number of nitrogens with one attached hydrogen (secondary N) is 1. The number of aliphatic hydroxyl groups is 2. The molecule has 0 unspecified atom stereocenters. The lowest BCUT2D eigenvalue weighted by atomic mass is 9.93. The summed E-state index contributed by atoms with van der Waals surface area (Å²) >= 11 is 0. The summed E-state index contributed by atoms with van der Waals surface area (Å²) in [6.07, 6.45) is -2.10. The molecule has 5 N–H and O–H groups in total. The topological polar surface area (TPSA) is 204 Å². The number of aromatic nitrogens is 3. The Labute approximate surface area is 223 Å². The second kappa shape index (κ2) is 10.9. The van der Waals surface area contributed by atoms with Crippen LogP contribution in [0, 0.1) is 11.3 Å². The highest BCUT2D eigenvalue weighted by atomic mass is 31.2. The van der Waals surface area contributed by atoms with E-state index in [1.54, 1.807) is 32.0 Å². The number of nitriles is 1. The van der Waals surface area contributed by atoms with Crippen LogP contribution in [-0.2, 0) is 29.0 Å². The van der Waals surface area contributed by atoms with Gasteiger partial charge in [-0.25, -0.2) is 14.1 Å². The molecule has 1 aliphatic rings. The van der Waals surface area contributed by atoms with Crippen LogP contribution in [0.5, 0.6) is 5.75 Å². The molecule has 3 aromatic rings. The first kappa shape index (κ1) is 27.9. The zero-order valence-corrected chi connectivity index (χ0v) is 22.1. The molecule has 4 rings (SSSR count). The highest BCUT2D eigenvalue weighted by Crippen LogP contribution is 2.47. The fraction of sp³-hybridized carbons (Fsp3) is 0.333. The van der Waals surface area contributed by atoms with Crippen molar-refractivity contribution in [3.63, 3.8) is 0 Å². The summed E-state index contributed by atoms with van der Waals surface area (Å²) in [4.78, 5) is 16.2. The van der Waals surface area contributed by atoms with E-state index < -0.39 is 49.4 Å². The van der Waals surface area contributed by atoms with E-state index in [0.29, 0.717) is 5.52 Å². The predicted octanol–water partition coefficient (Wildman–Crippen LogP) is 1.76. The monoisotopic (exact) mass is 558 g/mol. The Morgan fingerprint density at radius 3 is 2.67 bits per heavy atom. The van der Waals surface area contributed by atoms with Crippen molar-refractivity contribution < 1.29 is 38.1 Å². The Morgan fingerprint density at radius 2 is 2.00 bits per heavy atom. The smallest absolute Gasteiger partial charge is 0.462 e. The third kappa shape index (κ3) is 5.52. The van der Waals surface area contributed by atoms with Crippen molar-refractivity contribution in [3.05, 3.63) is 66.5 Å². The van der Waals surface area contributed by atoms with Crippen LogP contribution in [0.3, 0.4) is 0 Å². The third-order valence-corrected chi connectivity index (χ3v) is 7.19. The molecular formula is C24H27N6O8P. The molecule has 0 aliphatic carbocycles. The van der Waals surface area contributed by atoms with Crippen LogP contribution in [0.25, 0.3) is 5.52 Å². The zero-order valence-electron chi connectivity index (χ0n) is 21.2. The van der Waals surface area contributed by atoms with Crippen LogP contribution in [0.2, 0.25) is 0 Å². The average molecular weight is 558 g/mol. The average Bonchev–Trinajstić information content (AvgIpc) is 3.44. The number of nitrogen functional groups attached to an aromatic ring is 1. The number of hydrogen-bond acceptors (Lipinski definition) is 12. The number of anilines is 1. The molecule has 2 aromatic heterocycles. The number of fused-ring (bicyclic) bond motifs is 1. The Kier molecular flexibility index (Phi) is 7.80. The van der Waals surface area contributed by atoms with Gasteiger partial charge in [-0.3, -0.25) is 4.79 Å². The van der Waals surface area contributed by atoms with E-state index in [-0.39, 0.29) is 17.3 Å². The fourth-order valence-electron chi connectivity index (χ4n) is 3.81. The molecular weight excluding hydrogens is 531 g/mol. The van der Waals surface area contributed by atoms with Gasteiger partial charge in [-0.15, -0.1) is 0 Å². The van der Waals surface area contributed by atoms with Gasteiger partial charge < -0.3 is 34.5 Å². The van der Waals surface area contributed by atoms with E-state index in [1.807, 2.05) is 6.07 Å². The van der Waals surface area contributed by atoms with Gasteiger partial charge in [0.2, 0.25) is 0 Å². The molecule has 1 fully saturated rings. The Morgan fingerprint density at radius 1 is 1.28 bits per heavy atom. The molecule has 1 aliphatic heterocycles. The molecule has 206 valence electrons. The number of nitrogens with two attached hydrogens (primary N) is 1. The third-order valence-electron chi connectivity index (χ3n) is 5.65. The number of carbonyl (C=O) groups excluding carboxylic acids is 1. The number of rotatable bonds is 9. The van der Waals surface area contributed by atoms with Crippen LogP contribution in [0.1, 0.15) is 26.5 Å². The van der Waals surface area contributed by atoms with Crippen molar-refractivity contribution in [1.29, 1.82) is 5.26 Å². The molecule has 0 radical (unpaired) electrons. The number of hydrogen-bond donors (Lipinski definition) is 4. The Balaban J connectivity index is 1.65. The molecule has 3 heterocycles. The van der Waals surface area contributed by atoms with Crippen LogP contribution in [0.15, 0.2) is 60.8 Å². The summed E-state index contributed by atoms with van der Waals surface area (Å²) in [5.41, 5.74) is 4.11. The van der Waals surface area contributed by atoms with Crippen molar-refractivity contribution >= 4 is 25.1 Å². The Bertz CT molecular complexity index is 1470. The lowest BCUT2D eigenvalue weighted by molar-refractivity contribution is -0.149. The molecule has 15 heteroatoms. The van der Waals surface area contributed by atoms with Gasteiger partial charge in [-0.2, -0.15) is 15.4 Å². The van der Waals surface area contributed by atoms with E-state index in [4.69, 9.17) is 24.3 Å². The molecule has 0 bridgehead atoms. The van der Waals surface area contributed by atoms with Crippen molar-refractivity contribution in [2.75, 3.05) is 5.73 Å². The molecule has 1 saturated heterocycles. The minimum atomic E-state index is -4.37. The van der Waals surface area contributed by atoms with Crippen molar-refractivity contribution in [2.24, 2.45) is 0 Å². The number of ether oxygens (including phenoxy) is 2. The van der Waals surface area contributed by atoms with Gasteiger partial charge >= 0.3 is 13.7 Å². The molecule has 5 atom stereocenters. The van der Waals surface area contributed by atoms with E-state index in [9.17, 15) is 24.8 Å². The molecule has 0 amide bonds. The maximum Gasteiger partial charge on any atom is 0.513 e. The normalized spacial score (nSPS) is 24.1. The number of aliphatic hydroxyl groups excluding tert-OH is 2. The van der Waals surface area contributed by atoms with Gasteiger partial charge in [0.05, 0.1) is 6.10 Å². The molecule has 1 aromatic carbocycles. The van der Waals surface area contributed by atoms with Gasteiger partial charge in [-0.1, -0.05) is 18.2 Å². The number of carbonyl (C=O) groups is 1. The molecule has 0 spiro atoms. The van der Waals surface area contributed by atoms with Crippen molar-refractivity contribution in [1.82, 2.24) is 19.7 Å². The van der Waals surface area contributed by atoms with E-state index >= 15 is 0 Å². The van der Waals surface area contributed by atoms with E-state index in [0.717, 1.165) is 12.6 Å². The molecule has 14 nitrogen and oxygen atoms in total. The SMILES string of the molecule is CC(C)OC(=O)[C@H](C)N[P@](=O)(O/C=C1/O[C@@](C#N)(c2ccc3c(N)ncnn23)[C@H](O)[C@@H]1O)Oc1ccccc1. The zero-order chi connectivity index (χ0) is 28.4.